The van der Waals surface area contributed by atoms with Gasteiger partial charge in [0.05, 0.1) is 17.1 Å². The second kappa shape index (κ2) is 9.87. The molecule has 172 valence electrons. The van der Waals surface area contributed by atoms with Gasteiger partial charge in [0.15, 0.2) is 5.82 Å². The lowest BCUT2D eigenvalue weighted by Gasteiger charge is -2.33. The van der Waals surface area contributed by atoms with E-state index in [0.29, 0.717) is 22.9 Å². The molecule has 0 unspecified atom stereocenters. The Morgan fingerprint density at radius 1 is 1.06 bits per heavy atom. The lowest BCUT2D eigenvalue weighted by molar-refractivity contribution is -0.137. The van der Waals surface area contributed by atoms with Crippen LogP contribution in [0.4, 0.5) is 24.7 Å². The molecule has 1 aliphatic rings. The predicted octanol–water partition coefficient (Wildman–Crippen LogP) is 4.83. The van der Waals surface area contributed by atoms with Crippen molar-refractivity contribution >= 4 is 34.8 Å². The van der Waals surface area contributed by atoms with E-state index >= 15 is 0 Å². The van der Waals surface area contributed by atoms with Gasteiger partial charge in [-0.25, -0.2) is 0 Å². The number of alkyl halides is 3. The topological polar surface area (TPSA) is 66.0 Å². The normalized spacial score (nSPS) is 16.0. The van der Waals surface area contributed by atoms with E-state index in [1.54, 1.807) is 13.0 Å². The summed E-state index contributed by atoms with van der Waals surface area (Å²) in [7, 11) is 1.99. The fourth-order valence-corrected chi connectivity index (χ4v) is 3.97. The number of benzene rings is 2. The molecule has 1 saturated heterocycles. The lowest BCUT2D eigenvalue weighted by Crippen LogP contribution is -2.41. The summed E-state index contributed by atoms with van der Waals surface area (Å²) in [5, 5.41) is 19.4. The van der Waals surface area contributed by atoms with Crippen LogP contribution in [0.15, 0.2) is 42.5 Å². The fraction of sp³-hybridized carbons (Fsp3) is 0.409. The first-order valence-corrected chi connectivity index (χ1v) is 10.3. The maximum Gasteiger partial charge on any atom is 0.416 e. The van der Waals surface area contributed by atoms with Crippen LogP contribution in [0.3, 0.4) is 0 Å². The Labute approximate surface area is 191 Å². The number of nitrogens with one attached hydrogen (secondary N) is 2. The number of anilines is 2. The van der Waals surface area contributed by atoms with E-state index in [-0.39, 0.29) is 12.4 Å². The second-order valence-electron chi connectivity index (χ2n) is 7.88. The van der Waals surface area contributed by atoms with E-state index in [9.17, 15) is 13.2 Å². The number of rotatable bonds is 5. The Hall–Kier alpha value is -2.65. The molecular weight excluding hydrogens is 441 g/mol. The minimum Gasteiger partial charge on any atom is -0.371 e. The Balaban J connectivity index is 0.00000289. The molecular formula is C22H26ClF3N6. The van der Waals surface area contributed by atoms with Crippen molar-refractivity contribution in [2.45, 2.75) is 38.0 Å². The summed E-state index contributed by atoms with van der Waals surface area (Å²) in [6.45, 7) is 3.70. The maximum absolute atomic E-state index is 13.1. The van der Waals surface area contributed by atoms with Crippen LogP contribution in [0, 0.1) is 0 Å². The van der Waals surface area contributed by atoms with Crippen molar-refractivity contribution in [2.75, 3.05) is 30.4 Å². The zero-order valence-electron chi connectivity index (χ0n) is 17.9. The van der Waals surface area contributed by atoms with Gasteiger partial charge in [0, 0.05) is 30.2 Å². The highest BCUT2D eigenvalue weighted by Gasteiger charge is 2.30. The van der Waals surface area contributed by atoms with Gasteiger partial charge in [-0.1, -0.05) is 12.1 Å². The first-order valence-electron chi connectivity index (χ1n) is 10.3. The second-order valence-corrected chi connectivity index (χ2v) is 7.88. The Bertz CT molecular complexity index is 1050. The van der Waals surface area contributed by atoms with Crippen LogP contribution in [0.5, 0.6) is 0 Å². The summed E-state index contributed by atoms with van der Waals surface area (Å²) in [6.07, 6.45) is -2.24. The van der Waals surface area contributed by atoms with E-state index < -0.39 is 17.8 Å². The van der Waals surface area contributed by atoms with Crippen LogP contribution in [0.2, 0.25) is 0 Å². The van der Waals surface area contributed by atoms with Crippen molar-refractivity contribution in [3.05, 3.63) is 53.6 Å². The summed E-state index contributed by atoms with van der Waals surface area (Å²) in [4.78, 5) is 2.33. The molecule has 0 radical (unpaired) electrons. The average Bonchev–Trinajstić information content (AvgIpc) is 2.78. The molecule has 2 aromatic carbocycles. The molecule has 0 saturated carbocycles. The molecule has 1 aliphatic heterocycles. The summed E-state index contributed by atoms with van der Waals surface area (Å²) < 4.78 is 39.2. The molecule has 0 amide bonds. The molecule has 1 fully saturated rings. The first-order chi connectivity index (χ1) is 14.8. The van der Waals surface area contributed by atoms with Gasteiger partial charge in [-0.2, -0.15) is 13.2 Å². The van der Waals surface area contributed by atoms with Gasteiger partial charge in [-0.3, -0.25) is 0 Å². The molecule has 1 atom stereocenters. The number of hydrogen-bond donors (Lipinski definition) is 2. The van der Waals surface area contributed by atoms with Gasteiger partial charge >= 0.3 is 6.18 Å². The fourth-order valence-electron chi connectivity index (χ4n) is 3.97. The van der Waals surface area contributed by atoms with E-state index in [2.05, 4.69) is 30.9 Å². The molecule has 3 aromatic rings. The number of fused-ring (bicyclic) bond motifs is 1. The number of halogens is 4. The van der Waals surface area contributed by atoms with Crippen molar-refractivity contribution < 1.29 is 13.2 Å². The van der Waals surface area contributed by atoms with Gasteiger partial charge in [0.1, 0.15) is 0 Å². The standard InChI is InChI=1S/C22H25F3N6.ClH/c1-14(15-4-3-5-16(12-15)22(23,24)25)27-21-19-13-18(6-7-20(19)28-30-29-21)31-10-8-17(26-2)9-11-31;/h3-7,12-14,17,26H,8-11H2,1-2H3,(H,27,28,29);1H/t14-;/m1./s1. The molecule has 2 N–H and O–H groups in total. The quantitative estimate of drug-likeness (QED) is 0.561. The van der Waals surface area contributed by atoms with E-state index in [1.807, 2.05) is 25.2 Å². The van der Waals surface area contributed by atoms with Crippen LogP contribution < -0.4 is 15.5 Å². The highest BCUT2D eigenvalue weighted by atomic mass is 35.5. The van der Waals surface area contributed by atoms with Crippen molar-refractivity contribution in [3.63, 3.8) is 0 Å². The highest BCUT2D eigenvalue weighted by Crippen LogP contribution is 2.32. The third kappa shape index (κ3) is 5.21. The number of hydrogen-bond acceptors (Lipinski definition) is 6. The molecule has 4 rings (SSSR count). The van der Waals surface area contributed by atoms with Crippen molar-refractivity contribution in [2.24, 2.45) is 0 Å². The van der Waals surface area contributed by atoms with Gasteiger partial charge in [-0.05, 0) is 67.9 Å². The predicted molar refractivity (Wildman–Crippen MR) is 122 cm³/mol. The number of aromatic nitrogens is 3. The van der Waals surface area contributed by atoms with E-state index in [1.165, 1.54) is 6.07 Å². The Morgan fingerprint density at radius 2 is 1.81 bits per heavy atom. The van der Waals surface area contributed by atoms with Crippen LogP contribution in [0.1, 0.15) is 36.9 Å². The third-order valence-corrected chi connectivity index (χ3v) is 5.87. The Morgan fingerprint density at radius 3 is 2.50 bits per heavy atom. The summed E-state index contributed by atoms with van der Waals surface area (Å²) in [5.41, 5.74) is 1.61. The molecule has 10 heteroatoms. The Kier molecular flexibility index (Phi) is 7.40. The average molecular weight is 467 g/mol. The van der Waals surface area contributed by atoms with Gasteiger partial charge in [0.25, 0.3) is 0 Å². The zero-order chi connectivity index (χ0) is 22.0. The maximum atomic E-state index is 13.1. The number of piperidine rings is 1. The first kappa shape index (κ1) is 24.0. The van der Waals surface area contributed by atoms with Crippen molar-refractivity contribution in [1.82, 2.24) is 20.7 Å². The molecule has 0 spiro atoms. The summed E-state index contributed by atoms with van der Waals surface area (Å²) in [6, 6.07) is 11.4. The van der Waals surface area contributed by atoms with Crippen LogP contribution in [-0.4, -0.2) is 41.6 Å². The van der Waals surface area contributed by atoms with Crippen LogP contribution in [-0.2, 0) is 6.18 Å². The molecule has 2 heterocycles. The van der Waals surface area contributed by atoms with E-state index in [4.69, 9.17) is 0 Å². The highest BCUT2D eigenvalue weighted by molar-refractivity contribution is 5.91. The number of nitrogens with zero attached hydrogens (tertiary/aromatic N) is 4. The molecule has 6 nitrogen and oxygen atoms in total. The third-order valence-electron chi connectivity index (χ3n) is 5.87. The van der Waals surface area contributed by atoms with Crippen LogP contribution >= 0.6 is 12.4 Å². The molecule has 0 aliphatic carbocycles. The summed E-state index contributed by atoms with van der Waals surface area (Å²) >= 11 is 0. The van der Waals surface area contributed by atoms with Crippen molar-refractivity contribution in [1.29, 1.82) is 0 Å². The monoisotopic (exact) mass is 466 g/mol. The minimum atomic E-state index is -4.38. The van der Waals surface area contributed by atoms with Gasteiger partial charge < -0.3 is 15.5 Å². The smallest absolute Gasteiger partial charge is 0.371 e. The van der Waals surface area contributed by atoms with E-state index in [0.717, 1.165) is 49.1 Å². The van der Waals surface area contributed by atoms with Gasteiger partial charge in [-0.15, -0.1) is 22.6 Å². The van der Waals surface area contributed by atoms with Crippen LogP contribution in [0.25, 0.3) is 10.9 Å². The SMILES string of the molecule is CNC1CCN(c2ccc3nnnc(N[C@H](C)c4cccc(C(F)(F)F)c4)c3c2)CC1.Cl. The molecule has 0 bridgehead atoms. The molecule has 1 aromatic heterocycles. The summed E-state index contributed by atoms with van der Waals surface area (Å²) in [5.74, 6) is 0.502. The minimum absolute atomic E-state index is 0. The largest absolute Gasteiger partial charge is 0.416 e. The lowest BCUT2D eigenvalue weighted by atomic mass is 10.0. The van der Waals surface area contributed by atoms with Crippen molar-refractivity contribution in [3.8, 4) is 0 Å². The van der Waals surface area contributed by atoms with Gasteiger partial charge in [0.2, 0.25) is 0 Å². The zero-order valence-corrected chi connectivity index (χ0v) is 18.7. The molecule has 32 heavy (non-hydrogen) atoms.